The van der Waals surface area contributed by atoms with Crippen LogP contribution >= 0.6 is 0 Å². The quantitative estimate of drug-likeness (QED) is 0.449. The van der Waals surface area contributed by atoms with Crippen LogP contribution in [0, 0.1) is 0 Å². The molecule has 1 aliphatic rings. The topological polar surface area (TPSA) is 0 Å². The van der Waals surface area contributed by atoms with E-state index in [1.54, 1.807) is 11.1 Å². The van der Waals surface area contributed by atoms with E-state index < -0.39 is 0 Å². The number of hydrogen-bond acceptors (Lipinski definition) is 0. The molecule has 1 aromatic carbocycles. The molecular formula is C13H18Br2SiZr. The molecule has 0 nitrogen and oxygen atoms in total. The van der Waals surface area contributed by atoms with Gasteiger partial charge in [0, 0.05) is 0 Å². The Bertz CT molecular complexity index is 391. The Labute approximate surface area is 138 Å². The average Bonchev–Trinajstić information content (AvgIpc) is 2.56. The molecular weight excluding hydrogens is 435 g/mol. The molecule has 92 valence electrons. The van der Waals surface area contributed by atoms with Gasteiger partial charge in [-0.3, -0.25) is 0 Å². The second-order valence-electron chi connectivity index (χ2n) is 4.46. The van der Waals surface area contributed by atoms with Crippen molar-refractivity contribution in [1.29, 1.82) is 0 Å². The van der Waals surface area contributed by atoms with Crippen molar-refractivity contribution in [2.45, 2.75) is 30.1 Å². The molecule has 0 spiro atoms. The van der Waals surface area contributed by atoms with Gasteiger partial charge in [-0.25, -0.2) is 0 Å². The van der Waals surface area contributed by atoms with Crippen LogP contribution in [0.2, 0.25) is 13.1 Å². The van der Waals surface area contributed by atoms with Gasteiger partial charge in [0.2, 0.25) is 0 Å². The summed E-state index contributed by atoms with van der Waals surface area (Å²) in [6.45, 7) is 7.37. The van der Waals surface area contributed by atoms with E-state index in [-0.39, 0.29) is 62.3 Å². The predicted octanol–water partition coefficient (Wildman–Crippen LogP) is -2.39. The molecule has 0 saturated heterocycles. The second-order valence-corrected chi connectivity index (χ2v) is 19.5. The fraction of sp³-hybridized carbons (Fsp3) is 0.385. The van der Waals surface area contributed by atoms with Crippen molar-refractivity contribution in [2.24, 2.45) is 0 Å². The van der Waals surface area contributed by atoms with E-state index in [1.165, 1.54) is 12.0 Å². The van der Waals surface area contributed by atoms with Crippen molar-refractivity contribution in [3.8, 4) is 0 Å². The van der Waals surface area contributed by atoms with Crippen molar-refractivity contribution in [1.82, 2.24) is 0 Å². The van der Waals surface area contributed by atoms with Crippen LogP contribution in [0.4, 0.5) is 0 Å². The molecule has 1 atom stereocenters. The monoisotopic (exact) mass is 450 g/mol. The van der Waals surface area contributed by atoms with Crippen molar-refractivity contribution in [2.75, 3.05) is 0 Å². The van der Waals surface area contributed by atoms with Gasteiger partial charge < -0.3 is 34.0 Å². The van der Waals surface area contributed by atoms with Gasteiger partial charge in [-0.05, 0) is 0 Å². The van der Waals surface area contributed by atoms with Gasteiger partial charge in [-0.1, -0.05) is 0 Å². The minimum absolute atomic E-state index is 0. The fourth-order valence-electron chi connectivity index (χ4n) is 2.22. The summed E-state index contributed by atoms with van der Waals surface area (Å²) in [6, 6.07) is 9.02. The summed E-state index contributed by atoms with van der Waals surface area (Å²) in [6.07, 6.45) is 3.71. The molecule has 1 aromatic rings. The first-order chi connectivity index (χ1) is 7.22. The van der Waals surface area contributed by atoms with E-state index in [4.69, 9.17) is 0 Å². The number of halogens is 2. The normalized spacial score (nSPS) is 16.5. The zero-order valence-corrected chi connectivity index (χ0v) is 17.3. The maximum Gasteiger partial charge on any atom is -1.00 e. The van der Waals surface area contributed by atoms with Gasteiger partial charge in [0.1, 0.15) is 0 Å². The van der Waals surface area contributed by atoms with E-state index in [2.05, 4.69) is 50.4 Å². The van der Waals surface area contributed by atoms with Gasteiger partial charge in [0.05, 0.1) is 0 Å². The number of hydrogen-bond donors (Lipinski definition) is 0. The fourth-order valence-corrected chi connectivity index (χ4v) is 12.5. The molecule has 4 heteroatoms. The summed E-state index contributed by atoms with van der Waals surface area (Å²) >= 11 is -0.165. The van der Waals surface area contributed by atoms with Gasteiger partial charge in [0.25, 0.3) is 0 Å². The Morgan fingerprint density at radius 2 is 1.82 bits per heavy atom. The Morgan fingerprint density at radius 1 is 1.18 bits per heavy atom. The molecule has 0 aromatic heterocycles. The molecule has 0 saturated carbocycles. The Hall–Kier alpha value is 1.02. The minimum Gasteiger partial charge on any atom is -1.00 e. The maximum atomic E-state index is 2.53. The maximum absolute atomic E-state index is 2.53. The molecule has 0 amide bonds. The predicted molar refractivity (Wildman–Crippen MR) is 66.3 cm³/mol. The Kier molecular flexibility index (Phi) is 8.74. The number of fused-ring (bicyclic) bond motifs is 1. The SMILES string of the molecule is CCC1=Cc2ccccc2[CH]1[Zr+2][SiH](C)C.[Br-].[Br-]. The Morgan fingerprint density at radius 3 is 2.41 bits per heavy atom. The first-order valence-corrected chi connectivity index (χ1v) is 14.3. The molecule has 0 heterocycles. The van der Waals surface area contributed by atoms with Crippen molar-refractivity contribution in [3.63, 3.8) is 0 Å². The third kappa shape index (κ3) is 4.26. The summed E-state index contributed by atoms with van der Waals surface area (Å²) in [5, 5.41) is 0. The van der Waals surface area contributed by atoms with Crippen LogP contribution in [0.25, 0.3) is 6.08 Å². The summed E-state index contributed by atoms with van der Waals surface area (Å²) in [5.74, 6) is -0.306. The van der Waals surface area contributed by atoms with Gasteiger partial charge >= 0.3 is 105 Å². The molecule has 1 unspecified atom stereocenters. The van der Waals surface area contributed by atoms with Crippen LogP contribution in [0.1, 0.15) is 28.1 Å². The first-order valence-electron chi connectivity index (χ1n) is 5.77. The van der Waals surface area contributed by atoms with Crippen LogP contribution in [-0.2, 0) is 22.4 Å². The van der Waals surface area contributed by atoms with Gasteiger partial charge in [-0.15, -0.1) is 0 Å². The van der Waals surface area contributed by atoms with Crippen molar-refractivity contribution >= 4 is 12.0 Å². The van der Waals surface area contributed by atoms with Crippen molar-refractivity contribution < 1.29 is 56.4 Å². The zero-order chi connectivity index (χ0) is 10.8. The van der Waals surface area contributed by atoms with Crippen LogP contribution < -0.4 is 34.0 Å². The molecule has 0 fully saturated rings. The van der Waals surface area contributed by atoms with E-state index in [0.717, 1.165) is 3.63 Å². The molecule has 1 aliphatic carbocycles. The smallest absolute Gasteiger partial charge is 1.00 e. The van der Waals surface area contributed by atoms with E-state index in [9.17, 15) is 0 Å². The van der Waals surface area contributed by atoms with E-state index >= 15 is 0 Å². The van der Waals surface area contributed by atoms with E-state index in [0.29, 0.717) is 0 Å². The minimum atomic E-state index is -0.306. The summed E-state index contributed by atoms with van der Waals surface area (Å²) in [4.78, 5) is 0. The van der Waals surface area contributed by atoms with Crippen LogP contribution in [0.5, 0.6) is 0 Å². The summed E-state index contributed by atoms with van der Waals surface area (Å²) in [7, 11) is 0. The molecule has 17 heavy (non-hydrogen) atoms. The van der Waals surface area contributed by atoms with Crippen LogP contribution in [0.15, 0.2) is 29.8 Å². The van der Waals surface area contributed by atoms with Gasteiger partial charge in [0.15, 0.2) is 0 Å². The van der Waals surface area contributed by atoms with Crippen LogP contribution in [-0.4, -0.2) is 5.92 Å². The second kappa shape index (κ2) is 8.24. The standard InChI is InChI=1S/C11H11.C2H7Si.2BrH.Zr/c1-2-9-7-10-5-3-4-6-11(10)8-9;1-3-2;;;/h3-8H,2H2,1H3;3H,1-2H3;2*1H;/q;;;;+2/p-2. The average molecular weight is 453 g/mol. The third-order valence-electron chi connectivity index (χ3n) is 2.93. The first kappa shape index (κ1) is 18.0. The largest absolute Gasteiger partial charge is 1.00 e. The molecule has 0 N–H and O–H groups in total. The van der Waals surface area contributed by atoms with Gasteiger partial charge in [-0.2, -0.15) is 0 Å². The number of benzene rings is 1. The molecule has 0 bridgehead atoms. The van der Waals surface area contributed by atoms with E-state index in [1.807, 2.05) is 0 Å². The molecule has 2 rings (SSSR count). The van der Waals surface area contributed by atoms with Crippen LogP contribution in [0.3, 0.4) is 0 Å². The number of rotatable bonds is 3. The molecule has 0 aliphatic heterocycles. The Balaban J connectivity index is 0.00000128. The third-order valence-corrected chi connectivity index (χ3v) is 13.0. The zero-order valence-electron chi connectivity index (χ0n) is 10.5. The number of allylic oxidation sites excluding steroid dienone is 1. The summed E-state index contributed by atoms with van der Waals surface area (Å²) in [5.41, 5.74) is 4.89. The molecule has 0 radical (unpaired) electrons. The summed E-state index contributed by atoms with van der Waals surface area (Å²) < 4.78 is 0.918. The van der Waals surface area contributed by atoms with Crippen molar-refractivity contribution in [3.05, 3.63) is 41.0 Å².